The van der Waals surface area contributed by atoms with Gasteiger partial charge in [-0.15, -0.1) is 0 Å². The van der Waals surface area contributed by atoms with Crippen LogP contribution in [0.2, 0.25) is 0 Å². The van der Waals surface area contributed by atoms with Gasteiger partial charge in [0.1, 0.15) is 0 Å². The SMILES string of the molecule is CCCNC(CCCCSCC)C(C)(C)C. The van der Waals surface area contributed by atoms with Crippen molar-refractivity contribution in [1.82, 2.24) is 5.32 Å². The maximum atomic E-state index is 3.69. The van der Waals surface area contributed by atoms with E-state index >= 15 is 0 Å². The molecule has 0 amide bonds. The van der Waals surface area contributed by atoms with Gasteiger partial charge in [0, 0.05) is 6.04 Å². The monoisotopic (exact) mass is 245 g/mol. The van der Waals surface area contributed by atoms with E-state index in [1.54, 1.807) is 0 Å². The highest BCUT2D eigenvalue weighted by atomic mass is 32.2. The molecule has 98 valence electrons. The van der Waals surface area contributed by atoms with Crippen LogP contribution in [0.25, 0.3) is 0 Å². The van der Waals surface area contributed by atoms with Crippen LogP contribution >= 0.6 is 11.8 Å². The minimum atomic E-state index is 0.396. The van der Waals surface area contributed by atoms with Crippen LogP contribution in [0.4, 0.5) is 0 Å². The Balaban J connectivity index is 3.75. The predicted molar refractivity (Wildman–Crippen MR) is 78.4 cm³/mol. The van der Waals surface area contributed by atoms with Crippen LogP contribution in [-0.4, -0.2) is 24.1 Å². The Morgan fingerprint density at radius 1 is 1.12 bits per heavy atom. The Hall–Kier alpha value is 0.310. The third-order valence-electron chi connectivity index (χ3n) is 2.92. The second-order valence-electron chi connectivity index (χ2n) is 5.57. The summed E-state index contributed by atoms with van der Waals surface area (Å²) in [6, 6.07) is 0.680. The second kappa shape index (κ2) is 9.35. The molecule has 0 heterocycles. The normalized spacial score (nSPS) is 14.1. The molecule has 1 atom stereocenters. The zero-order chi connectivity index (χ0) is 12.4. The molecule has 0 bridgehead atoms. The first-order valence-corrected chi connectivity index (χ1v) is 7.99. The van der Waals surface area contributed by atoms with Gasteiger partial charge in [-0.05, 0) is 42.7 Å². The minimum absolute atomic E-state index is 0.396. The average Bonchev–Trinajstić information content (AvgIpc) is 2.20. The Morgan fingerprint density at radius 2 is 1.81 bits per heavy atom. The fraction of sp³-hybridized carbons (Fsp3) is 1.00. The van der Waals surface area contributed by atoms with Crippen molar-refractivity contribution in [2.45, 2.75) is 66.3 Å². The molecule has 0 aliphatic carbocycles. The van der Waals surface area contributed by atoms with Gasteiger partial charge < -0.3 is 5.32 Å². The smallest absolute Gasteiger partial charge is 0.0116 e. The summed E-state index contributed by atoms with van der Waals surface area (Å²) in [5.74, 6) is 2.60. The van der Waals surface area contributed by atoms with E-state index < -0.39 is 0 Å². The second-order valence-corrected chi connectivity index (χ2v) is 6.96. The third kappa shape index (κ3) is 8.46. The maximum Gasteiger partial charge on any atom is 0.0116 e. The summed E-state index contributed by atoms with van der Waals surface area (Å²) in [6.45, 7) is 12.7. The van der Waals surface area contributed by atoms with Gasteiger partial charge in [0.2, 0.25) is 0 Å². The molecule has 0 saturated heterocycles. The Morgan fingerprint density at radius 3 is 2.31 bits per heavy atom. The molecule has 0 aromatic carbocycles. The van der Waals surface area contributed by atoms with Gasteiger partial charge >= 0.3 is 0 Å². The van der Waals surface area contributed by atoms with Gasteiger partial charge in [0.15, 0.2) is 0 Å². The molecule has 1 nitrogen and oxygen atoms in total. The molecular formula is C14H31NS. The molecule has 0 fully saturated rings. The number of hydrogen-bond acceptors (Lipinski definition) is 2. The van der Waals surface area contributed by atoms with Crippen molar-refractivity contribution in [3.05, 3.63) is 0 Å². The lowest BCUT2D eigenvalue weighted by molar-refractivity contribution is 0.251. The molecule has 0 aromatic heterocycles. The lowest BCUT2D eigenvalue weighted by atomic mass is 9.83. The molecule has 0 aliphatic heterocycles. The summed E-state index contributed by atoms with van der Waals surface area (Å²) in [5, 5.41) is 3.69. The minimum Gasteiger partial charge on any atom is -0.313 e. The van der Waals surface area contributed by atoms with Gasteiger partial charge in [-0.2, -0.15) is 11.8 Å². The fourth-order valence-corrected chi connectivity index (χ4v) is 2.55. The average molecular weight is 245 g/mol. The fourth-order valence-electron chi connectivity index (χ4n) is 1.86. The van der Waals surface area contributed by atoms with E-state index in [4.69, 9.17) is 0 Å². The van der Waals surface area contributed by atoms with Gasteiger partial charge in [0.25, 0.3) is 0 Å². The number of hydrogen-bond donors (Lipinski definition) is 1. The topological polar surface area (TPSA) is 12.0 Å². The van der Waals surface area contributed by atoms with Gasteiger partial charge in [-0.1, -0.05) is 41.0 Å². The van der Waals surface area contributed by atoms with Crippen LogP contribution in [0.3, 0.4) is 0 Å². The zero-order valence-electron chi connectivity index (χ0n) is 11.9. The standard InChI is InChI=1S/C14H31NS/c1-6-11-15-13(14(3,4)5)10-8-9-12-16-7-2/h13,15H,6-12H2,1-5H3. The van der Waals surface area contributed by atoms with Crippen LogP contribution in [0.15, 0.2) is 0 Å². The number of unbranched alkanes of at least 4 members (excludes halogenated alkanes) is 1. The first-order valence-electron chi connectivity index (χ1n) is 6.83. The van der Waals surface area contributed by atoms with Crippen molar-refractivity contribution in [2.75, 3.05) is 18.1 Å². The lowest BCUT2D eigenvalue weighted by Crippen LogP contribution is -2.40. The molecule has 0 spiro atoms. The van der Waals surface area contributed by atoms with Gasteiger partial charge in [-0.25, -0.2) is 0 Å². The largest absolute Gasteiger partial charge is 0.313 e. The lowest BCUT2D eigenvalue weighted by Gasteiger charge is -2.32. The molecule has 16 heavy (non-hydrogen) atoms. The van der Waals surface area contributed by atoms with Gasteiger partial charge in [-0.3, -0.25) is 0 Å². The number of nitrogens with one attached hydrogen (secondary N) is 1. The Kier molecular flexibility index (Phi) is 9.53. The highest BCUT2D eigenvalue weighted by molar-refractivity contribution is 7.99. The molecule has 1 unspecified atom stereocenters. The molecule has 0 rings (SSSR count). The van der Waals surface area contributed by atoms with Crippen molar-refractivity contribution in [3.8, 4) is 0 Å². The van der Waals surface area contributed by atoms with Crippen LogP contribution in [0.1, 0.15) is 60.3 Å². The summed E-state index contributed by atoms with van der Waals surface area (Å²) in [5.41, 5.74) is 0.396. The van der Waals surface area contributed by atoms with Crippen molar-refractivity contribution in [2.24, 2.45) is 5.41 Å². The van der Waals surface area contributed by atoms with E-state index in [0.29, 0.717) is 11.5 Å². The molecule has 0 radical (unpaired) electrons. The predicted octanol–water partition coefficient (Wildman–Crippen LogP) is 4.32. The van der Waals surface area contributed by atoms with E-state index in [1.165, 1.54) is 37.2 Å². The van der Waals surface area contributed by atoms with E-state index in [-0.39, 0.29) is 0 Å². The van der Waals surface area contributed by atoms with E-state index in [9.17, 15) is 0 Å². The highest BCUT2D eigenvalue weighted by Gasteiger charge is 2.22. The van der Waals surface area contributed by atoms with Crippen LogP contribution in [0, 0.1) is 5.41 Å². The van der Waals surface area contributed by atoms with Crippen molar-refractivity contribution in [3.63, 3.8) is 0 Å². The quantitative estimate of drug-likeness (QED) is 0.607. The first-order chi connectivity index (χ1) is 7.52. The molecule has 0 aromatic rings. The number of rotatable bonds is 9. The third-order valence-corrected chi connectivity index (χ3v) is 3.91. The summed E-state index contributed by atoms with van der Waals surface area (Å²) >= 11 is 2.06. The Bertz CT molecular complexity index is 151. The molecule has 2 heteroatoms. The summed E-state index contributed by atoms with van der Waals surface area (Å²) in [7, 11) is 0. The van der Waals surface area contributed by atoms with Crippen molar-refractivity contribution >= 4 is 11.8 Å². The van der Waals surface area contributed by atoms with E-state index in [0.717, 1.165) is 6.54 Å². The van der Waals surface area contributed by atoms with E-state index in [1.807, 2.05) is 0 Å². The van der Waals surface area contributed by atoms with Crippen LogP contribution in [-0.2, 0) is 0 Å². The van der Waals surface area contributed by atoms with Crippen LogP contribution < -0.4 is 5.32 Å². The highest BCUT2D eigenvalue weighted by Crippen LogP contribution is 2.23. The summed E-state index contributed by atoms with van der Waals surface area (Å²) in [4.78, 5) is 0. The van der Waals surface area contributed by atoms with Crippen molar-refractivity contribution < 1.29 is 0 Å². The molecule has 0 saturated carbocycles. The first kappa shape index (κ1) is 16.3. The summed E-state index contributed by atoms with van der Waals surface area (Å²) < 4.78 is 0. The van der Waals surface area contributed by atoms with Gasteiger partial charge in [0.05, 0.1) is 0 Å². The number of thioether (sulfide) groups is 1. The molecule has 0 aliphatic rings. The maximum absolute atomic E-state index is 3.69. The summed E-state index contributed by atoms with van der Waals surface area (Å²) in [6.07, 6.45) is 5.30. The molecule has 1 N–H and O–H groups in total. The molecular weight excluding hydrogens is 214 g/mol. The zero-order valence-corrected chi connectivity index (χ0v) is 12.8. The van der Waals surface area contributed by atoms with Crippen molar-refractivity contribution in [1.29, 1.82) is 0 Å². The Labute approximate surface area is 107 Å². The van der Waals surface area contributed by atoms with E-state index in [2.05, 4.69) is 51.7 Å². The van der Waals surface area contributed by atoms with Crippen LogP contribution in [0.5, 0.6) is 0 Å².